The van der Waals surface area contributed by atoms with Crippen LogP contribution in [0, 0.1) is 5.92 Å². The minimum Gasteiger partial charge on any atom is -0.493 e. The van der Waals surface area contributed by atoms with Gasteiger partial charge in [-0.1, -0.05) is 12.2 Å². The highest BCUT2D eigenvalue weighted by molar-refractivity contribution is 5.54. The summed E-state index contributed by atoms with van der Waals surface area (Å²) in [4.78, 5) is 0. The minimum atomic E-state index is 0.739. The van der Waals surface area contributed by atoms with E-state index in [0.717, 1.165) is 29.6 Å². The Labute approximate surface area is 109 Å². The van der Waals surface area contributed by atoms with Gasteiger partial charge in [0.25, 0.3) is 0 Å². The van der Waals surface area contributed by atoms with E-state index in [2.05, 4.69) is 17.5 Å². The molecule has 3 heteroatoms. The van der Waals surface area contributed by atoms with Crippen molar-refractivity contribution in [1.82, 2.24) is 0 Å². The van der Waals surface area contributed by atoms with Gasteiger partial charge in [-0.25, -0.2) is 0 Å². The van der Waals surface area contributed by atoms with Gasteiger partial charge in [0, 0.05) is 18.3 Å². The largest absolute Gasteiger partial charge is 0.493 e. The first-order valence-corrected chi connectivity index (χ1v) is 6.44. The predicted molar refractivity (Wildman–Crippen MR) is 74.5 cm³/mol. The lowest BCUT2D eigenvalue weighted by atomic mass is 9.94. The third kappa shape index (κ3) is 3.19. The van der Waals surface area contributed by atoms with Gasteiger partial charge in [-0.15, -0.1) is 0 Å². The molecule has 2 rings (SSSR count). The first-order chi connectivity index (χ1) is 8.83. The molecule has 0 saturated heterocycles. The molecule has 1 aliphatic carbocycles. The summed E-state index contributed by atoms with van der Waals surface area (Å²) in [5.41, 5.74) is 1.09. The number of methoxy groups -OCH3 is 2. The number of hydrogen-bond acceptors (Lipinski definition) is 3. The minimum absolute atomic E-state index is 0.739. The van der Waals surface area contributed by atoms with Gasteiger partial charge in [-0.3, -0.25) is 0 Å². The molecular weight excluding hydrogens is 226 g/mol. The van der Waals surface area contributed by atoms with Crippen LogP contribution in [0.25, 0.3) is 0 Å². The average Bonchev–Trinajstić information content (AvgIpc) is 2.45. The summed E-state index contributed by atoms with van der Waals surface area (Å²) >= 11 is 0. The summed E-state index contributed by atoms with van der Waals surface area (Å²) in [6, 6.07) is 5.94. The Balaban J connectivity index is 1.94. The van der Waals surface area contributed by atoms with Crippen LogP contribution < -0.4 is 14.8 Å². The van der Waals surface area contributed by atoms with Crippen LogP contribution in [0.2, 0.25) is 0 Å². The van der Waals surface area contributed by atoms with Gasteiger partial charge in [0.2, 0.25) is 0 Å². The zero-order chi connectivity index (χ0) is 12.8. The molecular formula is C15H21NO2. The summed E-state index contributed by atoms with van der Waals surface area (Å²) in [7, 11) is 3.31. The number of ether oxygens (including phenoxy) is 2. The topological polar surface area (TPSA) is 30.5 Å². The molecule has 0 fully saturated rings. The Kier molecular flexibility index (Phi) is 4.51. The van der Waals surface area contributed by atoms with Crippen molar-refractivity contribution in [2.24, 2.45) is 5.92 Å². The standard InChI is InChI=1S/C15H21NO2/c1-17-14-9-8-13(10-15(14)18-2)16-11-12-6-4-3-5-7-12/h3-4,8-10,12,16H,5-7,11H2,1-2H3. The Morgan fingerprint density at radius 3 is 2.67 bits per heavy atom. The fourth-order valence-electron chi connectivity index (χ4n) is 2.25. The predicted octanol–water partition coefficient (Wildman–Crippen LogP) is 3.47. The Morgan fingerprint density at radius 1 is 1.17 bits per heavy atom. The third-order valence-corrected chi connectivity index (χ3v) is 3.36. The van der Waals surface area contributed by atoms with Crippen LogP contribution in [0.1, 0.15) is 19.3 Å². The maximum Gasteiger partial charge on any atom is 0.162 e. The number of allylic oxidation sites excluding steroid dienone is 2. The monoisotopic (exact) mass is 247 g/mol. The van der Waals surface area contributed by atoms with Crippen LogP contribution in [-0.4, -0.2) is 20.8 Å². The van der Waals surface area contributed by atoms with E-state index in [1.807, 2.05) is 18.2 Å². The van der Waals surface area contributed by atoms with Crippen molar-refractivity contribution in [2.45, 2.75) is 19.3 Å². The normalized spacial score (nSPS) is 18.4. The lowest BCUT2D eigenvalue weighted by Crippen LogP contribution is -2.15. The highest BCUT2D eigenvalue weighted by Crippen LogP contribution is 2.30. The van der Waals surface area contributed by atoms with Gasteiger partial charge >= 0.3 is 0 Å². The van der Waals surface area contributed by atoms with Crippen molar-refractivity contribution in [3.63, 3.8) is 0 Å². The highest BCUT2D eigenvalue weighted by Gasteiger charge is 2.10. The van der Waals surface area contributed by atoms with Gasteiger partial charge < -0.3 is 14.8 Å². The van der Waals surface area contributed by atoms with Gasteiger partial charge in [-0.05, 0) is 37.3 Å². The Hall–Kier alpha value is -1.64. The van der Waals surface area contributed by atoms with Gasteiger partial charge in [0.05, 0.1) is 14.2 Å². The van der Waals surface area contributed by atoms with Gasteiger partial charge in [0.1, 0.15) is 0 Å². The zero-order valence-electron chi connectivity index (χ0n) is 11.1. The first-order valence-electron chi connectivity index (χ1n) is 6.44. The Bertz CT molecular complexity index is 415. The summed E-state index contributed by atoms with van der Waals surface area (Å²) in [5.74, 6) is 2.28. The lowest BCUT2D eigenvalue weighted by molar-refractivity contribution is 0.355. The molecule has 0 aliphatic heterocycles. The van der Waals surface area contributed by atoms with Crippen molar-refractivity contribution < 1.29 is 9.47 Å². The maximum atomic E-state index is 5.29. The molecule has 1 unspecified atom stereocenters. The van der Waals surface area contributed by atoms with Crippen molar-refractivity contribution in [3.8, 4) is 11.5 Å². The van der Waals surface area contributed by atoms with E-state index < -0.39 is 0 Å². The van der Waals surface area contributed by atoms with E-state index in [1.165, 1.54) is 19.3 Å². The third-order valence-electron chi connectivity index (χ3n) is 3.36. The van der Waals surface area contributed by atoms with Crippen molar-refractivity contribution >= 4 is 5.69 Å². The van der Waals surface area contributed by atoms with E-state index in [0.29, 0.717) is 0 Å². The number of benzene rings is 1. The van der Waals surface area contributed by atoms with Crippen LogP contribution in [0.15, 0.2) is 30.4 Å². The molecule has 0 amide bonds. The molecule has 1 aromatic rings. The molecule has 0 saturated carbocycles. The molecule has 1 N–H and O–H groups in total. The highest BCUT2D eigenvalue weighted by atomic mass is 16.5. The lowest BCUT2D eigenvalue weighted by Gasteiger charge is -2.19. The smallest absolute Gasteiger partial charge is 0.162 e. The molecule has 18 heavy (non-hydrogen) atoms. The van der Waals surface area contributed by atoms with Crippen LogP contribution in [-0.2, 0) is 0 Å². The first kappa shape index (κ1) is 12.8. The number of nitrogens with one attached hydrogen (secondary N) is 1. The number of rotatable bonds is 5. The number of anilines is 1. The molecule has 1 aromatic carbocycles. The second kappa shape index (κ2) is 6.34. The molecule has 0 bridgehead atoms. The fraction of sp³-hybridized carbons (Fsp3) is 0.467. The average molecular weight is 247 g/mol. The summed E-state index contributed by atoms with van der Waals surface area (Å²) in [6.07, 6.45) is 8.22. The van der Waals surface area contributed by atoms with Crippen molar-refractivity contribution in [2.75, 3.05) is 26.1 Å². The summed E-state index contributed by atoms with van der Waals surface area (Å²) < 4.78 is 10.5. The fourth-order valence-corrected chi connectivity index (χ4v) is 2.25. The van der Waals surface area contributed by atoms with Crippen molar-refractivity contribution in [3.05, 3.63) is 30.4 Å². The molecule has 0 radical (unpaired) electrons. The molecule has 1 atom stereocenters. The van der Waals surface area contributed by atoms with Crippen LogP contribution in [0.4, 0.5) is 5.69 Å². The van der Waals surface area contributed by atoms with E-state index in [1.54, 1.807) is 14.2 Å². The van der Waals surface area contributed by atoms with Gasteiger partial charge in [-0.2, -0.15) is 0 Å². The van der Waals surface area contributed by atoms with E-state index >= 15 is 0 Å². The van der Waals surface area contributed by atoms with Crippen molar-refractivity contribution in [1.29, 1.82) is 0 Å². The second-order valence-electron chi connectivity index (χ2n) is 4.60. The van der Waals surface area contributed by atoms with E-state index in [4.69, 9.17) is 9.47 Å². The SMILES string of the molecule is COc1ccc(NCC2CC=CCC2)cc1OC. The van der Waals surface area contributed by atoms with Crippen LogP contribution in [0.5, 0.6) is 11.5 Å². The Morgan fingerprint density at radius 2 is 2.00 bits per heavy atom. The second-order valence-corrected chi connectivity index (χ2v) is 4.60. The molecule has 0 heterocycles. The van der Waals surface area contributed by atoms with Crippen LogP contribution in [0.3, 0.4) is 0 Å². The molecule has 0 spiro atoms. The van der Waals surface area contributed by atoms with Gasteiger partial charge in [0.15, 0.2) is 11.5 Å². The summed E-state index contributed by atoms with van der Waals surface area (Å²) in [5, 5.41) is 3.47. The molecule has 0 aromatic heterocycles. The summed E-state index contributed by atoms with van der Waals surface area (Å²) in [6.45, 7) is 1.01. The molecule has 1 aliphatic rings. The number of hydrogen-bond donors (Lipinski definition) is 1. The van der Waals surface area contributed by atoms with E-state index in [-0.39, 0.29) is 0 Å². The zero-order valence-corrected chi connectivity index (χ0v) is 11.1. The molecule has 3 nitrogen and oxygen atoms in total. The maximum absolute atomic E-state index is 5.29. The molecule has 98 valence electrons. The quantitative estimate of drug-likeness (QED) is 0.808. The van der Waals surface area contributed by atoms with E-state index in [9.17, 15) is 0 Å². The van der Waals surface area contributed by atoms with Crippen LogP contribution >= 0.6 is 0 Å².